The van der Waals surface area contributed by atoms with Gasteiger partial charge in [-0.2, -0.15) is 0 Å². The summed E-state index contributed by atoms with van der Waals surface area (Å²) in [5.41, 5.74) is 2.94. The molecule has 0 saturated carbocycles. The Morgan fingerprint density at radius 1 is 0.854 bits per heavy atom. The molecule has 2 heterocycles. The molecule has 5 rings (SSSR count). The maximum atomic E-state index is 13.3. The summed E-state index contributed by atoms with van der Waals surface area (Å²) in [7, 11) is 3.08. The number of carbonyl (C=O) groups is 4. The van der Waals surface area contributed by atoms with Crippen LogP contribution in [0.1, 0.15) is 43.1 Å². The molecule has 0 radical (unpaired) electrons. The summed E-state index contributed by atoms with van der Waals surface area (Å²) in [6, 6.07) is 16.5. The molecule has 1 N–H and O–H groups in total. The average molecular weight is 669 g/mol. The summed E-state index contributed by atoms with van der Waals surface area (Å²) >= 11 is 2.33. The molecule has 2 aliphatic heterocycles. The van der Waals surface area contributed by atoms with E-state index in [9.17, 15) is 24.3 Å². The highest BCUT2D eigenvalue weighted by molar-refractivity contribution is 14.1. The maximum absolute atomic E-state index is 13.3. The van der Waals surface area contributed by atoms with E-state index in [2.05, 4.69) is 27.5 Å². The highest BCUT2D eigenvalue weighted by atomic mass is 127. The Bertz CT molecular complexity index is 1540. The van der Waals surface area contributed by atoms with Gasteiger partial charge in [-0.3, -0.25) is 14.4 Å². The van der Waals surface area contributed by atoms with Crippen molar-refractivity contribution in [2.75, 3.05) is 43.7 Å². The van der Waals surface area contributed by atoms with E-state index in [0.29, 0.717) is 48.8 Å². The first-order valence-corrected chi connectivity index (χ1v) is 14.2. The molecule has 3 aromatic carbocycles. The third kappa shape index (κ3) is 5.58. The Morgan fingerprint density at radius 2 is 1.59 bits per heavy atom. The zero-order valence-corrected chi connectivity index (χ0v) is 24.7. The van der Waals surface area contributed by atoms with Gasteiger partial charge in [0.2, 0.25) is 5.91 Å². The minimum Gasteiger partial charge on any atom is -0.493 e. The lowest BCUT2D eigenvalue weighted by Crippen LogP contribution is -2.52. The highest BCUT2D eigenvalue weighted by Crippen LogP contribution is 2.35. The van der Waals surface area contributed by atoms with Crippen molar-refractivity contribution in [2.24, 2.45) is 0 Å². The number of ether oxygens (including phenoxy) is 2. The second kappa shape index (κ2) is 11.8. The molecule has 212 valence electrons. The van der Waals surface area contributed by atoms with Crippen LogP contribution in [0.3, 0.4) is 0 Å². The summed E-state index contributed by atoms with van der Waals surface area (Å²) in [5, 5.41) is 9.30. The number of alkyl halides is 1. The number of benzene rings is 3. The van der Waals surface area contributed by atoms with Crippen LogP contribution < -0.4 is 19.3 Å². The van der Waals surface area contributed by atoms with Crippen LogP contribution >= 0.6 is 22.6 Å². The summed E-state index contributed by atoms with van der Waals surface area (Å²) in [5.74, 6) is -1.06. The van der Waals surface area contributed by atoms with E-state index in [4.69, 9.17) is 9.47 Å². The van der Waals surface area contributed by atoms with Crippen molar-refractivity contribution in [3.63, 3.8) is 0 Å². The Morgan fingerprint density at radius 3 is 2.29 bits per heavy atom. The van der Waals surface area contributed by atoms with Gasteiger partial charge in [0.05, 0.1) is 36.1 Å². The van der Waals surface area contributed by atoms with Crippen molar-refractivity contribution >= 4 is 57.7 Å². The Balaban J connectivity index is 1.33. The zero-order chi connectivity index (χ0) is 29.3. The normalized spacial score (nSPS) is 16.7. The van der Waals surface area contributed by atoms with Crippen molar-refractivity contribution in [1.29, 1.82) is 0 Å². The maximum Gasteiger partial charge on any atom is 0.335 e. The molecule has 10 nitrogen and oxygen atoms in total. The Kier molecular flexibility index (Phi) is 8.15. The number of piperazine rings is 1. The fourth-order valence-electron chi connectivity index (χ4n) is 5.16. The zero-order valence-electron chi connectivity index (χ0n) is 22.5. The van der Waals surface area contributed by atoms with Crippen LogP contribution in [0.5, 0.6) is 11.5 Å². The summed E-state index contributed by atoms with van der Waals surface area (Å²) in [4.78, 5) is 56.0. The van der Waals surface area contributed by atoms with Crippen LogP contribution in [-0.4, -0.2) is 71.6 Å². The number of amides is 3. The standard InChI is InChI=1S/C30H28IN3O7/c1-40-24-10-6-20(16-25(24)41-2)28(36)32-12-13-33(26(31)17-32)22-8-9-23-18(15-22)7-11-27(35)34(23)29(37)19-4-3-5-21(14-19)30(38)39/h3-6,8-10,14-16,26H,7,11-13,17H2,1-2H3,(H,38,39). The monoisotopic (exact) mass is 669 g/mol. The van der Waals surface area contributed by atoms with Crippen LogP contribution in [0.4, 0.5) is 11.4 Å². The number of halogens is 1. The number of carboxylic acid groups (broad SMARTS) is 1. The van der Waals surface area contributed by atoms with E-state index in [1.165, 1.54) is 31.4 Å². The molecular formula is C30H28IN3O7. The number of carboxylic acids is 1. The first-order valence-electron chi connectivity index (χ1n) is 13.0. The number of hydrogen-bond donors (Lipinski definition) is 1. The topological polar surface area (TPSA) is 117 Å². The number of carbonyl (C=O) groups excluding carboxylic acids is 3. The number of imide groups is 1. The number of fused-ring (bicyclic) bond motifs is 1. The minimum absolute atomic E-state index is 0.00906. The van der Waals surface area contributed by atoms with Crippen LogP contribution in [-0.2, 0) is 11.2 Å². The van der Waals surface area contributed by atoms with Gasteiger partial charge < -0.3 is 24.4 Å². The third-order valence-electron chi connectivity index (χ3n) is 7.29. The molecule has 41 heavy (non-hydrogen) atoms. The predicted octanol–water partition coefficient (Wildman–Crippen LogP) is 4.25. The molecule has 0 aromatic heterocycles. The van der Waals surface area contributed by atoms with Gasteiger partial charge in [0, 0.05) is 36.3 Å². The predicted molar refractivity (Wildman–Crippen MR) is 161 cm³/mol. The van der Waals surface area contributed by atoms with Crippen molar-refractivity contribution in [2.45, 2.75) is 16.9 Å². The van der Waals surface area contributed by atoms with Gasteiger partial charge in [-0.25, -0.2) is 9.69 Å². The van der Waals surface area contributed by atoms with Gasteiger partial charge in [-0.05, 0) is 66.6 Å². The van der Waals surface area contributed by atoms with Crippen LogP contribution in [0, 0.1) is 0 Å². The number of rotatable bonds is 6. The number of hydrogen-bond acceptors (Lipinski definition) is 7. The molecule has 2 aliphatic rings. The lowest BCUT2D eigenvalue weighted by atomic mass is 9.98. The lowest BCUT2D eigenvalue weighted by Gasteiger charge is -2.41. The molecule has 3 amide bonds. The van der Waals surface area contributed by atoms with Crippen molar-refractivity contribution in [3.05, 3.63) is 82.9 Å². The minimum atomic E-state index is -1.14. The molecular weight excluding hydrogens is 641 g/mol. The molecule has 1 unspecified atom stereocenters. The number of anilines is 2. The van der Waals surface area contributed by atoms with Crippen LogP contribution in [0.2, 0.25) is 0 Å². The quantitative estimate of drug-likeness (QED) is 0.179. The van der Waals surface area contributed by atoms with Gasteiger partial charge in [0.15, 0.2) is 11.5 Å². The molecule has 11 heteroatoms. The van der Waals surface area contributed by atoms with Crippen LogP contribution in [0.25, 0.3) is 0 Å². The van der Waals surface area contributed by atoms with Gasteiger partial charge in [-0.15, -0.1) is 0 Å². The molecule has 0 aliphatic carbocycles. The fraction of sp³-hybridized carbons (Fsp3) is 0.267. The molecule has 0 spiro atoms. The van der Waals surface area contributed by atoms with E-state index in [1.807, 2.05) is 17.0 Å². The Hall–Kier alpha value is -4.13. The molecule has 1 saturated heterocycles. The summed E-state index contributed by atoms with van der Waals surface area (Å²) < 4.78 is 10.6. The van der Waals surface area contributed by atoms with E-state index < -0.39 is 11.9 Å². The second-order valence-corrected chi connectivity index (χ2v) is 11.1. The lowest BCUT2D eigenvalue weighted by molar-refractivity contribution is -0.118. The number of nitrogens with zero attached hydrogens (tertiary/aromatic N) is 3. The van der Waals surface area contributed by atoms with Crippen molar-refractivity contribution in [3.8, 4) is 11.5 Å². The summed E-state index contributed by atoms with van der Waals surface area (Å²) in [6.07, 6.45) is 0.659. The van der Waals surface area contributed by atoms with E-state index in [-0.39, 0.29) is 33.4 Å². The number of aryl methyl sites for hydroxylation is 1. The molecule has 3 aromatic rings. The Labute approximate surface area is 250 Å². The number of aromatic carboxylic acids is 1. The van der Waals surface area contributed by atoms with Gasteiger partial charge >= 0.3 is 5.97 Å². The molecule has 1 fully saturated rings. The second-order valence-electron chi connectivity index (χ2n) is 9.68. The van der Waals surface area contributed by atoms with Crippen molar-refractivity contribution in [1.82, 2.24) is 4.90 Å². The van der Waals surface area contributed by atoms with E-state index >= 15 is 0 Å². The SMILES string of the molecule is COc1ccc(C(=O)N2CCN(c3ccc4c(c3)CCC(=O)N4C(=O)c3cccc(C(=O)O)c3)C(I)C2)cc1OC. The molecule has 1 atom stereocenters. The van der Waals surface area contributed by atoms with Crippen molar-refractivity contribution < 1.29 is 33.8 Å². The first kappa shape index (κ1) is 28.4. The highest BCUT2D eigenvalue weighted by Gasteiger charge is 2.33. The summed E-state index contributed by atoms with van der Waals surface area (Å²) in [6.45, 7) is 1.63. The number of methoxy groups -OCH3 is 2. The largest absolute Gasteiger partial charge is 0.493 e. The smallest absolute Gasteiger partial charge is 0.335 e. The third-order valence-corrected chi connectivity index (χ3v) is 8.36. The molecule has 0 bridgehead atoms. The average Bonchev–Trinajstić information content (AvgIpc) is 2.99. The fourth-order valence-corrected chi connectivity index (χ4v) is 6.24. The van der Waals surface area contributed by atoms with E-state index in [0.717, 1.165) is 16.2 Å². The van der Waals surface area contributed by atoms with Crippen LogP contribution in [0.15, 0.2) is 60.7 Å². The van der Waals surface area contributed by atoms with Gasteiger partial charge in [0.1, 0.15) is 0 Å². The van der Waals surface area contributed by atoms with Gasteiger partial charge in [-0.1, -0.05) is 28.7 Å². The van der Waals surface area contributed by atoms with E-state index in [1.54, 1.807) is 31.4 Å². The van der Waals surface area contributed by atoms with Gasteiger partial charge in [0.25, 0.3) is 11.8 Å². The first-order chi connectivity index (χ1) is 19.7.